The summed E-state index contributed by atoms with van der Waals surface area (Å²) in [6.07, 6.45) is 5.93. The van der Waals surface area contributed by atoms with Crippen LogP contribution in [0.1, 0.15) is 68.6 Å². The lowest BCUT2D eigenvalue weighted by Gasteiger charge is -2.29. The molecule has 2 aromatic rings. The Balaban J connectivity index is 1.50. The van der Waals surface area contributed by atoms with Crippen molar-refractivity contribution in [3.63, 3.8) is 0 Å². The van der Waals surface area contributed by atoms with Crippen LogP contribution in [0.3, 0.4) is 0 Å². The number of hydrogen-bond acceptors (Lipinski definition) is 5. The molecule has 0 aromatic carbocycles. The Hall–Kier alpha value is -1.75. The van der Waals surface area contributed by atoms with Crippen LogP contribution in [-0.2, 0) is 4.74 Å². The van der Waals surface area contributed by atoms with Gasteiger partial charge in [0.15, 0.2) is 5.82 Å². The number of pyridine rings is 1. The first kappa shape index (κ1) is 14.8. The maximum Gasteiger partial charge on any atom is 0.230 e. The average molecular weight is 313 g/mol. The molecule has 1 aliphatic carbocycles. The maximum atomic E-state index is 5.93. The number of ether oxygens (including phenoxy) is 1. The Morgan fingerprint density at radius 3 is 2.78 bits per heavy atom. The molecule has 3 heterocycles. The zero-order valence-electron chi connectivity index (χ0n) is 13.9. The van der Waals surface area contributed by atoms with Crippen LogP contribution in [0.25, 0.3) is 0 Å². The van der Waals surface area contributed by atoms with Crippen molar-refractivity contribution in [2.45, 2.75) is 57.5 Å². The van der Waals surface area contributed by atoms with Crippen molar-refractivity contribution in [2.75, 3.05) is 6.61 Å². The molecule has 122 valence electrons. The first-order valence-corrected chi connectivity index (χ1v) is 8.39. The maximum absolute atomic E-state index is 5.93. The Bertz CT molecular complexity index is 677. The quantitative estimate of drug-likeness (QED) is 0.865. The molecule has 2 aliphatic rings. The van der Waals surface area contributed by atoms with E-state index in [2.05, 4.69) is 37.0 Å². The Morgan fingerprint density at radius 1 is 1.17 bits per heavy atom. The summed E-state index contributed by atoms with van der Waals surface area (Å²) in [4.78, 5) is 8.91. The van der Waals surface area contributed by atoms with Gasteiger partial charge in [0.05, 0.1) is 12.0 Å². The lowest BCUT2D eigenvalue weighted by atomic mass is 9.81. The van der Waals surface area contributed by atoms with Crippen molar-refractivity contribution in [3.05, 3.63) is 41.8 Å². The normalized spacial score (nSPS) is 30.6. The fraction of sp³-hybridized carbons (Fsp3) is 0.611. The van der Waals surface area contributed by atoms with Crippen LogP contribution < -0.4 is 0 Å². The summed E-state index contributed by atoms with van der Waals surface area (Å²) in [5.41, 5.74) is 1.34. The topological polar surface area (TPSA) is 61.0 Å². The molecule has 0 amide bonds. The molecule has 23 heavy (non-hydrogen) atoms. The molecular formula is C18H23N3O2. The summed E-state index contributed by atoms with van der Waals surface area (Å²) >= 11 is 0. The molecule has 1 aliphatic heterocycles. The van der Waals surface area contributed by atoms with Gasteiger partial charge in [-0.05, 0) is 35.8 Å². The van der Waals surface area contributed by atoms with Crippen LogP contribution in [0.4, 0.5) is 0 Å². The fourth-order valence-electron chi connectivity index (χ4n) is 3.69. The van der Waals surface area contributed by atoms with Gasteiger partial charge < -0.3 is 9.26 Å². The third kappa shape index (κ3) is 2.78. The molecule has 0 N–H and O–H groups in total. The highest BCUT2D eigenvalue weighted by molar-refractivity contribution is 5.28. The minimum atomic E-state index is 0.0831. The lowest BCUT2D eigenvalue weighted by molar-refractivity contribution is 0.0193. The number of hydrogen-bond donors (Lipinski definition) is 0. The first-order chi connectivity index (χ1) is 11.0. The van der Waals surface area contributed by atoms with E-state index in [4.69, 9.17) is 14.2 Å². The molecule has 0 radical (unpaired) electrons. The second-order valence-electron chi connectivity index (χ2n) is 7.78. The van der Waals surface area contributed by atoms with Crippen LogP contribution >= 0.6 is 0 Å². The molecule has 0 spiro atoms. The summed E-state index contributed by atoms with van der Waals surface area (Å²) < 4.78 is 11.5. The lowest BCUT2D eigenvalue weighted by Crippen LogP contribution is -2.30. The largest absolute Gasteiger partial charge is 0.377 e. The van der Waals surface area contributed by atoms with Gasteiger partial charge in [-0.3, -0.25) is 4.98 Å². The molecule has 0 bridgehead atoms. The van der Waals surface area contributed by atoms with Crippen molar-refractivity contribution >= 4 is 0 Å². The summed E-state index contributed by atoms with van der Waals surface area (Å²) in [7, 11) is 0. The van der Waals surface area contributed by atoms with E-state index in [-0.39, 0.29) is 17.4 Å². The van der Waals surface area contributed by atoms with Gasteiger partial charge in [0.1, 0.15) is 0 Å². The van der Waals surface area contributed by atoms with Crippen LogP contribution in [0.2, 0.25) is 0 Å². The third-order valence-corrected chi connectivity index (χ3v) is 4.95. The van der Waals surface area contributed by atoms with E-state index in [1.165, 1.54) is 5.56 Å². The predicted octanol–water partition coefficient (Wildman–Crippen LogP) is 3.65. The third-order valence-electron chi connectivity index (χ3n) is 4.95. The summed E-state index contributed by atoms with van der Waals surface area (Å²) in [5, 5.41) is 4.27. The van der Waals surface area contributed by atoms with Gasteiger partial charge in [0.2, 0.25) is 5.89 Å². The highest BCUT2D eigenvalue weighted by atomic mass is 16.5. The smallest absolute Gasteiger partial charge is 0.230 e. The second-order valence-corrected chi connectivity index (χ2v) is 7.78. The van der Waals surface area contributed by atoms with Crippen molar-refractivity contribution in [1.82, 2.24) is 15.1 Å². The molecular weight excluding hydrogens is 290 g/mol. The molecule has 1 saturated heterocycles. The van der Waals surface area contributed by atoms with Gasteiger partial charge in [0, 0.05) is 24.9 Å². The van der Waals surface area contributed by atoms with E-state index in [1.807, 2.05) is 12.3 Å². The average Bonchev–Trinajstić information content (AvgIpc) is 2.97. The van der Waals surface area contributed by atoms with E-state index < -0.39 is 0 Å². The molecule has 5 heteroatoms. The van der Waals surface area contributed by atoms with Crippen LogP contribution in [0.5, 0.6) is 0 Å². The zero-order valence-corrected chi connectivity index (χ0v) is 13.9. The van der Waals surface area contributed by atoms with Gasteiger partial charge in [-0.2, -0.15) is 4.98 Å². The Kier molecular flexibility index (Phi) is 3.48. The standard InChI is InChI=1S/C18H23N3O2/c1-18(2,3)15-12(6-8-22-15)16-20-17(23-21-16)14-9-13(14)11-5-4-7-19-10-11/h4-5,7,10,12-15H,6,8-9H2,1-3H3/t12-,13-,14-,15-/m0/s1. The highest BCUT2D eigenvalue weighted by Gasteiger charge is 2.45. The molecule has 2 aromatic heterocycles. The van der Waals surface area contributed by atoms with Gasteiger partial charge >= 0.3 is 0 Å². The van der Waals surface area contributed by atoms with Gasteiger partial charge in [0.25, 0.3) is 0 Å². The van der Waals surface area contributed by atoms with Crippen molar-refractivity contribution in [1.29, 1.82) is 0 Å². The monoisotopic (exact) mass is 313 g/mol. The van der Waals surface area contributed by atoms with Crippen molar-refractivity contribution in [2.24, 2.45) is 5.41 Å². The first-order valence-electron chi connectivity index (χ1n) is 8.39. The molecule has 4 rings (SSSR count). The minimum absolute atomic E-state index is 0.0831. The van der Waals surface area contributed by atoms with Crippen molar-refractivity contribution < 1.29 is 9.26 Å². The van der Waals surface area contributed by atoms with Crippen LogP contribution in [0, 0.1) is 5.41 Å². The van der Waals surface area contributed by atoms with E-state index in [0.29, 0.717) is 11.8 Å². The molecule has 0 unspecified atom stereocenters. The number of nitrogens with zero attached hydrogens (tertiary/aromatic N) is 3. The summed E-state index contributed by atoms with van der Waals surface area (Å²) in [6.45, 7) is 7.39. The van der Waals surface area contributed by atoms with Gasteiger partial charge in [-0.15, -0.1) is 0 Å². The predicted molar refractivity (Wildman–Crippen MR) is 85.2 cm³/mol. The van der Waals surface area contributed by atoms with Crippen LogP contribution in [0.15, 0.2) is 29.0 Å². The fourth-order valence-corrected chi connectivity index (χ4v) is 3.69. The molecule has 2 fully saturated rings. The Morgan fingerprint density at radius 2 is 2.04 bits per heavy atom. The molecule has 4 atom stereocenters. The zero-order chi connectivity index (χ0) is 16.0. The number of aromatic nitrogens is 3. The second kappa shape index (κ2) is 5.41. The van der Waals surface area contributed by atoms with Gasteiger partial charge in [-0.25, -0.2) is 0 Å². The van der Waals surface area contributed by atoms with Gasteiger partial charge in [-0.1, -0.05) is 32.0 Å². The SMILES string of the molecule is CC(C)(C)[C@H]1OCC[C@@H]1c1noc([C@H]2C[C@H]2c2cccnc2)n1. The van der Waals surface area contributed by atoms with Crippen LogP contribution in [-0.4, -0.2) is 27.8 Å². The Labute approximate surface area is 136 Å². The molecule has 1 saturated carbocycles. The van der Waals surface area contributed by atoms with E-state index in [9.17, 15) is 0 Å². The summed E-state index contributed by atoms with van der Waals surface area (Å²) in [5.74, 6) is 2.64. The number of rotatable bonds is 3. The highest BCUT2D eigenvalue weighted by Crippen LogP contribution is 2.54. The molecule has 5 nitrogen and oxygen atoms in total. The van der Waals surface area contributed by atoms with E-state index in [0.717, 1.165) is 31.2 Å². The van der Waals surface area contributed by atoms with E-state index in [1.54, 1.807) is 6.20 Å². The van der Waals surface area contributed by atoms with Crippen molar-refractivity contribution in [3.8, 4) is 0 Å². The van der Waals surface area contributed by atoms with E-state index >= 15 is 0 Å². The minimum Gasteiger partial charge on any atom is -0.377 e. The summed E-state index contributed by atoms with van der Waals surface area (Å²) in [6, 6.07) is 4.10.